The molecule has 0 N–H and O–H groups in total. The van der Waals surface area contributed by atoms with E-state index in [0.29, 0.717) is 26.3 Å². The molecule has 2 heterocycles. The van der Waals surface area contributed by atoms with E-state index in [2.05, 4.69) is 27.7 Å². The minimum atomic E-state index is -3.20. The van der Waals surface area contributed by atoms with Crippen LogP contribution in [0.3, 0.4) is 0 Å². The van der Waals surface area contributed by atoms with E-state index in [4.69, 9.17) is 18.9 Å². The molecule has 2 aliphatic rings. The number of hydrogen-bond donors (Lipinski definition) is 0. The Morgan fingerprint density at radius 2 is 1.17 bits per heavy atom. The highest BCUT2D eigenvalue weighted by atomic mass is 32.2. The molecule has 7 nitrogen and oxygen atoms in total. The van der Waals surface area contributed by atoms with Crippen LogP contribution < -0.4 is 0 Å². The van der Waals surface area contributed by atoms with Gasteiger partial charge >= 0.3 is 0 Å². The molecule has 0 bridgehead atoms. The highest BCUT2D eigenvalue weighted by molar-refractivity contribution is 7.88. The van der Waals surface area contributed by atoms with Crippen molar-refractivity contribution < 1.29 is 27.4 Å². The van der Waals surface area contributed by atoms with Crippen molar-refractivity contribution in [2.24, 2.45) is 10.8 Å². The van der Waals surface area contributed by atoms with Gasteiger partial charge in [-0.1, -0.05) is 40.5 Å². The van der Waals surface area contributed by atoms with Gasteiger partial charge in [0.25, 0.3) is 0 Å². The molecule has 2 fully saturated rings. The van der Waals surface area contributed by atoms with E-state index in [9.17, 15) is 8.42 Å². The molecule has 208 valence electrons. The Bertz CT molecular complexity index is 627. The predicted molar refractivity (Wildman–Crippen MR) is 141 cm³/mol. The fraction of sp³-hybridized carbons (Fsp3) is 1.00. The van der Waals surface area contributed by atoms with Crippen LogP contribution in [0, 0.1) is 10.8 Å². The largest absolute Gasteiger partial charge is 0.353 e. The first-order chi connectivity index (χ1) is 16.5. The lowest BCUT2D eigenvalue weighted by molar-refractivity contribution is -0.176. The van der Waals surface area contributed by atoms with Crippen molar-refractivity contribution in [3.8, 4) is 0 Å². The highest BCUT2D eigenvalue weighted by Crippen LogP contribution is 2.27. The summed E-state index contributed by atoms with van der Waals surface area (Å²) in [6.45, 7) is 13.0. The molecule has 2 unspecified atom stereocenters. The van der Waals surface area contributed by atoms with Gasteiger partial charge < -0.3 is 18.9 Å². The second kappa shape index (κ2) is 15.2. The van der Waals surface area contributed by atoms with Gasteiger partial charge in [-0.15, -0.1) is 0 Å². The fourth-order valence-corrected chi connectivity index (χ4v) is 5.62. The quantitative estimate of drug-likeness (QED) is 0.229. The lowest BCUT2D eigenvalue weighted by Crippen LogP contribution is -2.33. The van der Waals surface area contributed by atoms with Crippen molar-refractivity contribution in [1.82, 2.24) is 4.31 Å². The van der Waals surface area contributed by atoms with E-state index >= 15 is 0 Å². The van der Waals surface area contributed by atoms with Crippen LogP contribution >= 0.6 is 0 Å². The monoisotopic (exact) mass is 519 g/mol. The van der Waals surface area contributed by atoms with Crippen LogP contribution in [0.4, 0.5) is 0 Å². The van der Waals surface area contributed by atoms with E-state index in [1.807, 2.05) is 0 Å². The van der Waals surface area contributed by atoms with Crippen molar-refractivity contribution in [3.63, 3.8) is 0 Å². The molecule has 2 atom stereocenters. The zero-order valence-electron chi connectivity index (χ0n) is 23.2. The molecule has 0 aliphatic carbocycles. The minimum Gasteiger partial charge on any atom is -0.353 e. The summed E-state index contributed by atoms with van der Waals surface area (Å²) >= 11 is 0. The Kier molecular flexibility index (Phi) is 13.5. The Balaban J connectivity index is 1.62. The average Bonchev–Trinajstić information content (AvgIpc) is 2.81. The number of rotatable bonds is 17. The number of sulfonamides is 1. The topological polar surface area (TPSA) is 74.3 Å². The van der Waals surface area contributed by atoms with Gasteiger partial charge in [-0.25, -0.2) is 12.7 Å². The van der Waals surface area contributed by atoms with E-state index < -0.39 is 10.0 Å². The highest BCUT2D eigenvalue weighted by Gasteiger charge is 2.24. The van der Waals surface area contributed by atoms with E-state index in [1.54, 1.807) is 4.31 Å². The Morgan fingerprint density at radius 3 is 1.51 bits per heavy atom. The molecule has 35 heavy (non-hydrogen) atoms. The normalized spacial score (nSPS) is 22.6. The fourth-order valence-electron chi connectivity index (χ4n) is 4.69. The van der Waals surface area contributed by atoms with Gasteiger partial charge in [0.05, 0.1) is 19.5 Å². The third-order valence-electron chi connectivity index (χ3n) is 7.09. The third kappa shape index (κ3) is 13.7. The maximum atomic E-state index is 12.3. The molecule has 0 spiro atoms. The summed E-state index contributed by atoms with van der Waals surface area (Å²) in [5.41, 5.74) is 0.125. The number of hydrogen-bond acceptors (Lipinski definition) is 6. The van der Waals surface area contributed by atoms with E-state index in [0.717, 1.165) is 77.4 Å². The SMILES string of the molecule is CC(C)(CCCCN(CCCCC(C)(C)COC1CCCCO1)S(C)(=O)=O)COC1CCCCO1. The standard InChI is InChI=1S/C27H53NO6S/c1-26(2,22-33-24-14-6-12-20-31-24)16-8-10-18-28(35(5,29)30)19-11-9-17-27(3,4)23-34-25-15-7-13-21-32-25/h24-25H,6-23H2,1-5H3. The first-order valence-corrected chi connectivity index (χ1v) is 15.7. The Morgan fingerprint density at radius 1 is 0.743 bits per heavy atom. The van der Waals surface area contributed by atoms with Crippen LogP contribution in [0.15, 0.2) is 0 Å². The number of nitrogens with zero attached hydrogens (tertiary/aromatic N) is 1. The van der Waals surface area contributed by atoms with Crippen LogP contribution in [-0.2, 0) is 29.0 Å². The van der Waals surface area contributed by atoms with Gasteiger partial charge in [0.1, 0.15) is 0 Å². The molecule has 0 amide bonds. The van der Waals surface area contributed by atoms with Gasteiger partial charge in [0.2, 0.25) is 10.0 Å². The first-order valence-electron chi connectivity index (χ1n) is 13.9. The maximum absolute atomic E-state index is 12.3. The molecule has 2 aliphatic heterocycles. The second-order valence-electron chi connectivity index (χ2n) is 12.1. The predicted octanol–water partition coefficient (Wildman–Crippen LogP) is 5.73. The summed E-state index contributed by atoms with van der Waals surface area (Å²) in [5.74, 6) is 0. The Labute approximate surface area is 215 Å². The molecular weight excluding hydrogens is 466 g/mol. The third-order valence-corrected chi connectivity index (χ3v) is 8.39. The maximum Gasteiger partial charge on any atom is 0.211 e. The number of ether oxygens (including phenoxy) is 4. The molecular formula is C27H53NO6S. The van der Waals surface area contributed by atoms with Gasteiger partial charge in [-0.05, 0) is 75.0 Å². The van der Waals surface area contributed by atoms with Crippen LogP contribution in [0.25, 0.3) is 0 Å². The summed E-state index contributed by atoms with van der Waals surface area (Å²) in [7, 11) is -3.20. The molecule has 0 radical (unpaired) electrons. The van der Waals surface area contributed by atoms with Gasteiger partial charge in [0.15, 0.2) is 12.6 Å². The molecule has 2 saturated heterocycles. The first kappa shape index (κ1) is 31.0. The zero-order chi connectivity index (χ0) is 25.8. The van der Waals surface area contributed by atoms with Gasteiger partial charge in [-0.3, -0.25) is 0 Å². The Hall–Kier alpha value is -0.250. The van der Waals surface area contributed by atoms with E-state index in [-0.39, 0.29) is 23.4 Å². The summed E-state index contributed by atoms with van der Waals surface area (Å²) in [5, 5.41) is 0. The second-order valence-corrected chi connectivity index (χ2v) is 14.1. The molecule has 8 heteroatoms. The van der Waals surface area contributed by atoms with Crippen LogP contribution in [0.1, 0.15) is 105 Å². The van der Waals surface area contributed by atoms with E-state index in [1.165, 1.54) is 19.1 Å². The van der Waals surface area contributed by atoms with Crippen LogP contribution in [0.5, 0.6) is 0 Å². The summed E-state index contributed by atoms with van der Waals surface area (Å²) in [6.07, 6.45) is 13.5. The molecule has 0 aromatic carbocycles. The zero-order valence-corrected chi connectivity index (χ0v) is 24.0. The lowest BCUT2D eigenvalue weighted by Gasteiger charge is -2.30. The molecule has 0 aromatic rings. The summed E-state index contributed by atoms with van der Waals surface area (Å²) < 4.78 is 49.6. The van der Waals surface area contributed by atoms with Crippen molar-refractivity contribution in [1.29, 1.82) is 0 Å². The summed E-state index contributed by atoms with van der Waals surface area (Å²) in [6, 6.07) is 0. The average molecular weight is 520 g/mol. The van der Waals surface area contributed by atoms with Crippen molar-refractivity contribution in [3.05, 3.63) is 0 Å². The summed E-state index contributed by atoms with van der Waals surface area (Å²) in [4.78, 5) is 0. The van der Waals surface area contributed by atoms with Crippen molar-refractivity contribution >= 4 is 10.0 Å². The van der Waals surface area contributed by atoms with Crippen molar-refractivity contribution in [2.75, 3.05) is 45.8 Å². The minimum absolute atomic E-state index is 0.0547. The molecule has 2 rings (SSSR count). The van der Waals surface area contributed by atoms with Crippen LogP contribution in [-0.4, -0.2) is 71.1 Å². The van der Waals surface area contributed by atoms with Crippen LogP contribution in [0.2, 0.25) is 0 Å². The number of unbranched alkanes of at least 4 members (excludes halogenated alkanes) is 2. The van der Waals surface area contributed by atoms with Gasteiger partial charge in [-0.2, -0.15) is 0 Å². The molecule has 0 aromatic heterocycles. The smallest absolute Gasteiger partial charge is 0.211 e. The molecule has 0 saturated carbocycles. The lowest BCUT2D eigenvalue weighted by atomic mass is 9.88. The van der Waals surface area contributed by atoms with Crippen molar-refractivity contribution in [2.45, 2.75) is 117 Å². The van der Waals surface area contributed by atoms with Gasteiger partial charge in [0, 0.05) is 26.3 Å².